The lowest BCUT2D eigenvalue weighted by atomic mass is 9.73. The summed E-state index contributed by atoms with van der Waals surface area (Å²) in [5.74, 6) is 0. The topological polar surface area (TPSA) is 26.3 Å². The van der Waals surface area contributed by atoms with Crippen LogP contribution in [0, 0.1) is 5.41 Å². The van der Waals surface area contributed by atoms with E-state index in [1.54, 1.807) is 6.07 Å². The molecule has 0 fully saturated rings. The smallest absolute Gasteiger partial charge is 0.172 e. The van der Waals surface area contributed by atoms with Crippen molar-refractivity contribution in [2.45, 2.75) is 39.5 Å². The van der Waals surface area contributed by atoms with Crippen molar-refractivity contribution < 1.29 is 9.22 Å². The number of carbonyl (C=O) groups excluding carboxylic acids is 1. The number of aldehydes is 1. The maximum Gasteiger partial charge on any atom is 0.172 e. The number of carbonyl (C=O) groups is 1. The van der Waals surface area contributed by atoms with Crippen LogP contribution in [0.1, 0.15) is 26.3 Å². The minimum Gasteiger partial charge on any atom is -0.404 e. The van der Waals surface area contributed by atoms with Crippen molar-refractivity contribution in [1.29, 1.82) is 0 Å². The van der Waals surface area contributed by atoms with Gasteiger partial charge < -0.3 is 4.43 Å². The third-order valence-electron chi connectivity index (χ3n) is 2.96. The van der Waals surface area contributed by atoms with E-state index in [2.05, 4.69) is 13.1 Å². The molecule has 0 aliphatic heterocycles. The van der Waals surface area contributed by atoms with Gasteiger partial charge in [0.05, 0.1) is 0 Å². The van der Waals surface area contributed by atoms with Crippen LogP contribution in [0.25, 0.3) is 0 Å². The molecule has 0 bridgehead atoms. The molecular formula is C14H21ClO2Si. The Balaban J connectivity index is 3.40. The molecule has 0 aliphatic rings. The molecule has 100 valence electrons. The fourth-order valence-corrected chi connectivity index (χ4v) is 3.52. The highest BCUT2D eigenvalue weighted by Crippen LogP contribution is 2.42. The Labute approximate surface area is 116 Å². The highest BCUT2D eigenvalue weighted by Gasteiger charge is 2.45. The molecule has 0 aromatic heterocycles. The van der Waals surface area contributed by atoms with E-state index in [0.29, 0.717) is 5.02 Å². The first-order chi connectivity index (χ1) is 8.23. The number of hydrogen-bond acceptors (Lipinski definition) is 2. The van der Waals surface area contributed by atoms with Gasteiger partial charge in [-0.25, -0.2) is 0 Å². The molecule has 0 radical (unpaired) electrons. The zero-order chi connectivity index (χ0) is 14.0. The van der Waals surface area contributed by atoms with Crippen LogP contribution >= 0.6 is 11.6 Å². The molecule has 1 aromatic carbocycles. The molecule has 0 N–H and O–H groups in total. The molecule has 1 rings (SSSR count). The largest absolute Gasteiger partial charge is 0.404 e. The van der Waals surface area contributed by atoms with E-state index in [1.807, 2.05) is 39.0 Å². The number of benzene rings is 1. The molecule has 1 unspecified atom stereocenters. The second-order valence-corrected chi connectivity index (χ2v) is 8.55. The molecule has 0 heterocycles. The first-order valence-electron chi connectivity index (χ1n) is 6.13. The molecule has 0 saturated carbocycles. The van der Waals surface area contributed by atoms with Crippen molar-refractivity contribution in [2.24, 2.45) is 5.41 Å². The average Bonchev–Trinajstić information content (AvgIpc) is 2.23. The maximum absolute atomic E-state index is 11.8. The van der Waals surface area contributed by atoms with Gasteiger partial charge in [0.15, 0.2) is 15.3 Å². The summed E-state index contributed by atoms with van der Waals surface area (Å²) in [7, 11) is -1.37. The molecule has 1 atom stereocenters. The molecule has 0 spiro atoms. The van der Waals surface area contributed by atoms with Gasteiger partial charge in [0, 0.05) is 10.4 Å². The van der Waals surface area contributed by atoms with Crippen molar-refractivity contribution in [3.8, 4) is 0 Å². The second-order valence-electron chi connectivity index (χ2n) is 5.78. The number of rotatable bonds is 4. The summed E-state index contributed by atoms with van der Waals surface area (Å²) < 4.78 is 6.10. The van der Waals surface area contributed by atoms with Gasteiger partial charge >= 0.3 is 0 Å². The zero-order valence-corrected chi connectivity index (χ0v) is 13.6. The SMILES string of the molecule is C[SiH](C)OC(C=O)(c1cccc(Cl)c1)C(C)(C)C. The Bertz CT molecular complexity index is 426. The van der Waals surface area contributed by atoms with Crippen LogP contribution in [0.15, 0.2) is 24.3 Å². The van der Waals surface area contributed by atoms with Gasteiger partial charge in [-0.15, -0.1) is 0 Å². The molecule has 18 heavy (non-hydrogen) atoms. The number of halogens is 1. The maximum atomic E-state index is 11.8. The predicted molar refractivity (Wildman–Crippen MR) is 78.6 cm³/mol. The predicted octanol–water partition coefficient (Wildman–Crippen LogP) is 3.78. The fraction of sp³-hybridized carbons (Fsp3) is 0.500. The van der Waals surface area contributed by atoms with Crippen molar-refractivity contribution in [2.75, 3.05) is 0 Å². The fourth-order valence-electron chi connectivity index (χ4n) is 2.04. The van der Waals surface area contributed by atoms with Crippen molar-refractivity contribution in [3.05, 3.63) is 34.9 Å². The summed E-state index contributed by atoms with van der Waals surface area (Å²) in [5.41, 5.74) is -0.409. The highest BCUT2D eigenvalue weighted by atomic mass is 35.5. The van der Waals surface area contributed by atoms with E-state index in [9.17, 15) is 4.79 Å². The Morgan fingerprint density at radius 1 is 1.28 bits per heavy atom. The summed E-state index contributed by atoms with van der Waals surface area (Å²) in [6.07, 6.45) is 0.922. The highest BCUT2D eigenvalue weighted by molar-refractivity contribution is 6.48. The lowest BCUT2D eigenvalue weighted by molar-refractivity contribution is -0.133. The van der Waals surface area contributed by atoms with E-state index in [0.717, 1.165) is 11.8 Å². The summed E-state index contributed by atoms with van der Waals surface area (Å²) in [6, 6.07) is 7.38. The molecule has 0 saturated heterocycles. The average molecular weight is 285 g/mol. The number of hydrogen-bond donors (Lipinski definition) is 0. The van der Waals surface area contributed by atoms with Crippen LogP contribution in [-0.4, -0.2) is 15.3 Å². The van der Waals surface area contributed by atoms with E-state index in [4.69, 9.17) is 16.0 Å². The molecule has 1 aromatic rings. The first-order valence-corrected chi connectivity index (χ1v) is 9.29. The second kappa shape index (κ2) is 5.55. The van der Waals surface area contributed by atoms with Crippen molar-refractivity contribution >= 4 is 26.9 Å². The molecular weight excluding hydrogens is 264 g/mol. The summed E-state index contributed by atoms with van der Waals surface area (Å²) in [6.45, 7) is 10.2. The van der Waals surface area contributed by atoms with Crippen LogP contribution in [0.3, 0.4) is 0 Å². The zero-order valence-electron chi connectivity index (χ0n) is 11.7. The summed E-state index contributed by atoms with van der Waals surface area (Å²) in [4.78, 5) is 11.8. The van der Waals surface area contributed by atoms with Crippen LogP contribution in [-0.2, 0) is 14.8 Å². The van der Waals surface area contributed by atoms with E-state index in [1.165, 1.54) is 0 Å². The van der Waals surface area contributed by atoms with Crippen LogP contribution in [0.4, 0.5) is 0 Å². The normalized spacial score (nSPS) is 15.5. The van der Waals surface area contributed by atoms with E-state index >= 15 is 0 Å². The van der Waals surface area contributed by atoms with Gasteiger partial charge in [-0.05, 0) is 30.8 Å². The van der Waals surface area contributed by atoms with Crippen molar-refractivity contribution in [3.63, 3.8) is 0 Å². The Kier molecular flexibility index (Phi) is 4.76. The Morgan fingerprint density at radius 2 is 1.89 bits per heavy atom. The van der Waals surface area contributed by atoms with Crippen LogP contribution in [0.5, 0.6) is 0 Å². The van der Waals surface area contributed by atoms with Gasteiger partial charge in [0.2, 0.25) is 0 Å². The van der Waals surface area contributed by atoms with Gasteiger partial charge in [0.25, 0.3) is 0 Å². The lowest BCUT2D eigenvalue weighted by Crippen LogP contribution is -2.46. The summed E-state index contributed by atoms with van der Waals surface area (Å²) in [5, 5.41) is 0.622. The summed E-state index contributed by atoms with van der Waals surface area (Å²) >= 11 is 6.03. The van der Waals surface area contributed by atoms with E-state index < -0.39 is 14.6 Å². The molecule has 0 aliphatic carbocycles. The van der Waals surface area contributed by atoms with Crippen molar-refractivity contribution in [1.82, 2.24) is 0 Å². The third kappa shape index (κ3) is 3.02. The molecule has 2 nitrogen and oxygen atoms in total. The standard InChI is InChI=1S/C14H21ClO2Si/c1-13(2,3)14(10-16,17-18(4)5)11-7-6-8-12(15)9-11/h6-10,18H,1-5H3. The molecule has 0 amide bonds. The molecule has 4 heteroatoms. The van der Waals surface area contributed by atoms with Gasteiger partial charge in [-0.3, -0.25) is 4.79 Å². The van der Waals surface area contributed by atoms with Crippen LogP contribution in [0.2, 0.25) is 18.1 Å². The Hall–Kier alpha value is -0.643. The first kappa shape index (κ1) is 15.4. The van der Waals surface area contributed by atoms with E-state index in [-0.39, 0.29) is 5.41 Å². The van der Waals surface area contributed by atoms with Gasteiger partial charge in [-0.2, -0.15) is 0 Å². The monoisotopic (exact) mass is 284 g/mol. The van der Waals surface area contributed by atoms with Gasteiger partial charge in [0.1, 0.15) is 5.60 Å². The Morgan fingerprint density at radius 3 is 2.28 bits per heavy atom. The third-order valence-corrected chi connectivity index (χ3v) is 4.03. The lowest BCUT2D eigenvalue weighted by Gasteiger charge is -2.42. The minimum atomic E-state index is -1.37. The quantitative estimate of drug-likeness (QED) is 0.621. The van der Waals surface area contributed by atoms with Crippen LogP contribution < -0.4 is 0 Å². The van der Waals surface area contributed by atoms with Gasteiger partial charge in [-0.1, -0.05) is 44.5 Å². The minimum absolute atomic E-state index is 0.323.